The molecule has 0 spiro atoms. The van der Waals surface area contributed by atoms with E-state index < -0.39 is 0 Å². The molecule has 1 heterocycles. The summed E-state index contributed by atoms with van der Waals surface area (Å²) in [5.74, 6) is 1.84. The average molecular weight is 273 g/mol. The maximum absolute atomic E-state index is 4.78. The van der Waals surface area contributed by atoms with Gasteiger partial charge in [-0.05, 0) is 31.9 Å². The smallest absolute Gasteiger partial charge is 0.126 e. The highest BCUT2D eigenvalue weighted by Gasteiger charge is 2.19. The number of nitrogens with zero attached hydrogens (tertiary/aromatic N) is 2. The fourth-order valence-electron chi connectivity index (χ4n) is 3.15. The van der Waals surface area contributed by atoms with Gasteiger partial charge in [-0.25, -0.2) is 4.98 Å². The molecule has 3 heteroatoms. The lowest BCUT2D eigenvalue weighted by molar-refractivity contribution is 0.324. The number of hydrogen-bond donors (Lipinski definition) is 1. The van der Waals surface area contributed by atoms with Gasteiger partial charge in [-0.3, -0.25) is 0 Å². The Morgan fingerprint density at radius 3 is 2.40 bits per heavy atom. The minimum Gasteiger partial charge on any atom is -0.330 e. The molecule has 110 valence electrons. The Hall–Kier alpha value is -1.35. The fourth-order valence-corrected chi connectivity index (χ4v) is 3.15. The summed E-state index contributed by atoms with van der Waals surface area (Å²) < 4.78 is 2.20. The van der Waals surface area contributed by atoms with E-state index >= 15 is 0 Å². The first-order chi connectivity index (χ1) is 9.58. The van der Waals surface area contributed by atoms with Crippen LogP contribution in [-0.4, -0.2) is 15.6 Å². The van der Waals surface area contributed by atoms with Crippen molar-refractivity contribution in [3.8, 4) is 0 Å². The molecule has 0 aliphatic rings. The number of para-hydroxylation sites is 2. The van der Waals surface area contributed by atoms with Crippen LogP contribution in [0, 0.1) is 5.92 Å². The molecular formula is C17H27N3. The van der Waals surface area contributed by atoms with Crippen molar-refractivity contribution in [1.29, 1.82) is 0 Å². The summed E-state index contributed by atoms with van der Waals surface area (Å²) in [6.07, 6.45) is 2.44. The van der Waals surface area contributed by atoms with Gasteiger partial charge in [-0.15, -0.1) is 0 Å². The van der Waals surface area contributed by atoms with Crippen molar-refractivity contribution in [1.82, 2.24) is 14.9 Å². The van der Waals surface area contributed by atoms with Crippen molar-refractivity contribution >= 4 is 11.0 Å². The van der Waals surface area contributed by atoms with Crippen LogP contribution in [-0.2, 0) is 7.05 Å². The maximum atomic E-state index is 4.78. The van der Waals surface area contributed by atoms with Crippen LogP contribution >= 0.6 is 0 Å². The third kappa shape index (κ3) is 2.88. The molecule has 20 heavy (non-hydrogen) atoms. The fraction of sp³-hybridized carbons (Fsp3) is 0.588. The van der Waals surface area contributed by atoms with Crippen molar-refractivity contribution in [2.24, 2.45) is 13.0 Å². The van der Waals surface area contributed by atoms with Crippen molar-refractivity contribution < 1.29 is 0 Å². The van der Waals surface area contributed by atoms with Crippen molar-refractivity contribution in [3.05, 3.63) is 30.1 Å². The summed E-state index contributed by atoms with van der Waals surface area (Å²) >= 11 is 0. The Labute approximate surface area is 122 Å². The number of fused-ring (bicyclic) bond motifs is 1. The van der Waals surface area contributed by atoms with E-state index in [1.165, 1.54) is 18.4 Å². The molecule has 0 aliphatic heterocycles. The molecule has 0 aliphatic carbocycles. The molecule has 1 aromatic heterocycles. The van der Waals surface area contributed by atoms with E-state index in [0.29, 0.717) is 6.04 Å². The topological polar surface area (TPSA) is 29.9 Å². The standard InChI is InChI=1S/C17H27N3/c1-6-14(7-2)12(3)18-13(4)17-19-15-10-8-9-11-16(15)20(17)5/h8-14,18H,6-7H2,1-5H3. The predicted octanol–water partition coefficient (Wildman–Crippen LogP) is 4.05. The van der Waals surface area contributed by atoms with E-state index in [0.717, 1.165) is 17.3 Å². The quantitative estimate of drug-likeness (QED) is 0.860. The number of benzene rings is 1. The second kappa shape index (κ2) is 6.40. The molecule has 1 N–H and O–H groups in total. The Balaban J connectivity index is 2.19. The van der Waals surface area contributed by atoms with Gasteiger partial charge in [0.05, 0.1) is 17.1 Å². The summed E-state index contributed by atoms with van der Waals surface area (Å²) in [5, 5.41) is 3.72. The summed E-state index contributed by atoms with van der Waals surface area (Å²) in [7, 11) is 2.10. The highest BCUT2D eigenvalue weighted by Crippen LogP contribution is 2.21. The van der Waals surface area contributed by atoms with Gasteiger partial charge >= 0.3 is 0 Å². The van der Waals surface area contributed by atoms with Gasteiger partial charge in [-0.2, -0.15) is 0 Å². The highest BCUT2D eigenvalue weighted by molar-refractivity contribution is 5.75. The third-order valence-corrected chi connectivity index (χ3v) is 4.48. The van der Waals surface area contributed by atoms with Crippen LogP contribution in [0.5, 0.6) is 0 Å². The molecule has 0 fully saturated rings. The van der Waals surface area contributed by atoms with E-state index in [1.54, 1.807) is 0 Å². The van der Waals surface area contributed by atoms with Crippen molar-refractivity contribution in [2.45, 2.75) is 52.6 Å². The van der Waals surface area contributed by atoms with Gasteiger partial charge in [0.25, 0.3) is 0 Å². The Morgan fingerprint density at radius 1 is 1.15 bits per heavy atom. The van der Waals surface area contributed by atoms with Crippen LogP contribution in [0.25, 0.3) is 11.0 Å². The van der Waals surface area contributed by atoms with Crippen LogP contribution in [0.2, 0.25) is 0 Å². The van der Waals surface area contributed by atoms with Gasteiger partial charge in [0.1, 0.15) is 5.82 Å². The van der Waals surface area contributed by atoms with Gasteiger partial charge in [-0.1, -0.05) is 38.8 Å². The van der Waals surface area contributed by atoms with Crippen LogP contribution in [0.3, 0.4) is 0 Å². The highest BCUT2D eigenvalue weighted by atomic mass is 15.1. The maximum Gasteiger partial charge on any atom is 0.126 e. The van der Waals surface area contributed by atoms with Crippen LogP contribution in [0.15, 0.2) is 24.3 Å². The summed E-state index contributed by atoms with van der Waals surface area (Å²) in [4.78, 5) is 4.78. The molecule has 0 radical (unpaired) electrons. The first-order valence-corrected chi connectivity index (χ1v) is 7.75. The molecular weight excluding hydrogens is 246 g/mol. The van der Waals surface area contributed by atoms with Crippen molar-refractivity contribution in [3.63, 3.8) is 0 Å². The van der Waals surface area contributed by atoms with Crippen LogP contribution in [0.4, 0.5) is 0 Å². The van der Waals surface area contributed by atoms with Gasteiger partial charge in [0.15, 0.2) is 0 Å². The zero-order valence-electron chi connectivity index (χ0n) is 13.4. The van der Waals surface area contributed by atoms with Crippen molar-refractivity contribution in [2.75, 3.05) is 0 Å². The Morgan fingerprint density at radius 2 is 1.80 bits per heavy atom. The summed E-state index contributed by atoms with van der Waals surface area (Å²) in [5.41, 5.74) is 2.28. The van der Waals surface area contributed by atoms with Crippen LogP contribution < -0.4 is 5.32 Å². The lowest BCUT2D eigenvalue weighted by atomic mass is 9.95. The molecule has 0 bridgehead atoms. The first-order valence-electron chi connectivity index (χ1n) is 7.75. The predicted molar refractivity (Wildman–Crippen MR) is 85.8 cm³/mol. The van der Waals surface area contributed by atoms with E-state index in [2.05, 4.69) is 62.8 Å². The average Bonchev–Trinajstić information content (AvgIpc) is 2.78. The normalized spacial score (nSPS) is 14.9. The third-order valence-electron chi connectivity index (χ3n) is 4.48. The second-order valence-electron chi connectivity index (χ2n) is 5.77. The van der Waals surface area contributed by atoms with Gasteiger partial charge in [0, 0.05) is 13.1 Å². The first kappa shape index (κ1) is 15.0. The molecule has 0 saturated heterocycles. The van der Waals surface area contributed by atoms with Gasteiger partial charge in [0.2, 0.25) is 0 Å². The van der Waals surface area contributed by atoms with E-state index in [9.17, 15) is 0 Å². The number of imidazole rings is 1. The SMILES string of the molecule is CCC(CC)C(C)NC(C)c1nc2ccccc2n1C. The van der Waals surface area contributed by atoms with E-state index in [-0.39, 0.29) is 6.04 Å². The lowest BCUT2D eigenvalue weighted by Crippen LogP contribution is -2.35. The molecule has 2 rings (SSSR count). The molecule has 2 atom stereocenters. The minimum absolute atomic E-state index is 0.267. The van der Waals surface area contributed by atoms with E-state index in [4.69, 9.17) is 4.98 Å². The molecule has 1 aromatic carbocycles. The number of hydrogen-bond acceptors (Lipinski definition) is 2. The molecule has 2 aromatic rings. The number of nitrogens with one attached hydrogen (secondary N) is 1. The number of aryl methyl sites for hydroxylation is 1. The second-order valence-corrected chi connectivity index (χ2v) is 5.77. The lowest BCUT2D eigenvalue weighted by Gasteiger charge is -2.26. The largest absolute Gasteiger partial charge is 0.330 e. The van der Waals surface area contributed by atoms with Gasteiger partial charge < -0.3 is 9.88 Å². The van der Waals surface area contributed by atoms with Crippen LogP contribution in [0.1, 0.15) is 52.4 Å². The molecule has 3 nitrogen and oxygen atoms in total. The van der Waals surface area contributed by atoms with E-state index in [1.807, 2.05) is 6.07 Å². The summed E-state index contributed by atoms with van der Waals surface area (Å²) in [6.45, 7) is 9.04. The Kier molecular flexibility index (Phi) is 4.81. The molecule has 0 saturated carbocycles. The minimum atomic E-state index is 0.267. The number of rotatable bonds is 6. The number of aromatic nitrogens is 2. The zero-order chi connectivity index (χ0) is 14.7. The summed E-state index contributed by atoms with van der Waals surface area (Å²) in [6, 6.07) is 9.10. The monoisotopic (exact) mass is 273 g/mol. The zero-order valence-corrected chi connectivity index (χ0v) is 13.4. The molecule has 2 unspecified atom stereocenters. The molecule has 0 amide bonds. The Bertz CT molecular complexity index is 554.